The Bertz CT molecular complexity index is 717. The van der Waals surface area contributed by atoms with E-state index in [1.807, 2.05) is 59.5 Å². The fourth-order valence-corrected chi connectivity index (χ4v) is 3.18. The zero-order valence-electron chi connectivity index (χ0n) is 14.6. The molecule has 1 N–H and O–H groups in total. The molecule has 0 atom stereocenters. The van der Waals surface area contributed by atoms with Gasteiger partial charge in [-0.05, 0) is 49.1 Å². The zero-order valence-corrected chi connectivity index (χ0v) is 14.6. The number of para-hydroxylation sites is 1. The van der Waals surface area contributed by atoms with Crippen LogP contribution in [0.1, 0.15) is 35.7 Å². The Hall–Kier alpha value is -2.62. The van der Waals surface area contributed by atoms with Crippen molar-refractivity contribution in [3.05, 3.63) is 65.7 Å². The average molecular weight is 336 g/mol. The predicted octanol–water partition coefficient (Wildman–Crippen LogP) is 3.74. The first-order chi connectivity index (χ1) is 12.2. The molecule has 3 rings (SSSR count). The second-order valence-corrected chi connectivity index (χ2v) is 6.47. The third-order valence-electron chi connectivity index (χ3n) is 4.80. The van der Waals surface area contributed by atoms with Gasteiger partial charge in [0.1, 0.15) is 0 Å². The molecule has 2 aromatic rings. The molecule has 2 aromatic carbocycles. The Morgan fingerprint density at radius 1 is 1.00 bits per heavy atom. The summed E-state index contributed by atoms with van der Waals surface area (Å²) in [6, 6.07) is 17.3. The molecule has 0 radical (unpaired) electrons. The van der Waals surface area contributed by atoms with Gasteiger partial charge in [0.15, 0.2) is 0 Å². The van der Waals surface area contributed by atoms with E-state index in [2.05, 4.69) is 12.2 Å². The molecule has 0 unspecified atom stereocenters. The molecule has 0 aliphatic carbocycles. The van der Waals surface area contributed by atoms with Crippen molar-refractivity contribution in [3.63, 3.8) is 0 Å². The number of nitrogens with one attached hydrogen (secondary N) is 1. The molecule has 4 nitrogen and oxygen atoms in total. The number of carbonyl (C=O) groups excluding carboxylic acids is 2. The minimum absolute atomic E-state index is 0.0354. The number of likely N-dealkylation sites (tertiary alicyclic amines) is 1. The summed E-state index contributed by atoms with van der Waals surface area (Å²) in [5.74, 6) is 0.0712. The van der Waals surface area contributed by atoms with Gasteiger partial charge in [0.25, 0.3) is 5.91 Å². The number of hydrogen-bond acceptors (Lipinski definition) is 2. The van der Waals surface area contributed by atoms with Crippen LogP contribution in [0, 0.1) is 5.92 Å². The van der Waals surface area contributed by atoms with Gasteiger partial charge in [-0.2, -0.15) is 0 Å². The van der Waals surface area contributed by atoms with E-state index in [1.165, 1.54) is 5.56 Å². The topological polar surface area (TPSA) is 49.4 Å². The Balaban J connectivity index is 1.54. The molecular formula is C21H24N2O2. The highest BCUT2D eigenvalue weighted by atomic mass is 16.2. The summed E-state index contributed by atoms with van der Waals surface area (Å²) in [6.45, 7) is 3.35. The highest BCUT2D eigenvalue weighted by molar-refractivity contribution is 5.95. The van der Waals surface area contributed by atoms with E-state index in [1.54, 1.807) is 0 Å². The Morgan fingerprint density at radius 2 is 1.64 bits per heavy atom. The minimum atomic E-state index is -0.0354. The first kappa shape index (κ1) is 17.2. The molecule has 1 aliphatic heterocycles. The molecular weight excluding hydrogens is 312 g/mol. The Kier molecular flexibility index (Phi) is 5.49. The molecule has 130 valence electrons. The summed E-state index contributed by atoms with van der Waals surface area (Å²) < 4.78 is 0. The molecule has 0 saturated carbocycles. The van der Waals surface area contributed by atoms with E-state index in [-0.39, 0.29) is 17.7 Å². The van der Waals surface area contributed by atoms with Gasteiger partial charge >= 0.3 is 0 Å². The normalized spacial score (nSPS) is 15.0. The molecule has 0 spiro atoms. The first-order valence-electron chi connectivity index (χ1n) is 8.91. The van der Waals surface area contributed by atoms with Crippen LogP contribution in [-0.4, -0.2) is 29.8 Å². The maximum atomic E-state index is 12.6. The Labute approximate surface area is 148 Å². The largest absolute Gasteiger partial charge is 0.339 e. The lowest BCUT2D eigenvalue weighted by atomic mass is 9.95. The molecule has 0 bridgehead atoms. The van der Waals surface area contributed by atoms with Crippen LogP contribution in [0.2, 0.25) is 0 Å². The van der Waals surface area contributed by atoms with Crippen molar-refractivity contribution in [2.24, 2.45) is 5.92 Å². The molecule has 4 heteroatoms. The standard InChI is InChI=1S/C21H24N2O2/c1-2-16-8-10-18(11-9-16)21(25)23-14-12-17(13-15-23)20(24)22-19-6-4-3-5-7-19/h3-11,17H,2,12-15H2,1H3,(H,22,24). The highest BCUT2D eigenvalue weighted by Crippen LogP contribution is 2.21. The van der Waals surface area contributed by atoms with Crippen molar-refractivity contribution in [3.8, 4) is 0 Å². The fourth-order valence-electron chi connectivity index (χ4n) is 3.18. The zero-order chi connectivity index (χ0) is 17.6. The smallest absolute Gasteiger partial charge is 0.253 e. The number of aryl methyl sites for hydroxylation is 1. The van der Waals surface area contributed by atoms with Gasteiger partial charge in [-0.3, -0.25) is 9.59 Å². The molecule has 1 aliphatic rings. The van der Waals surface area contributed by atoms with Crippen molar-refractivity contribution in [1.82, 2.24) is 4.90 Å². The Morgan fingerprint density at radius 3 is 2.24 bits per heavy atom. The summed E-state index contributed by atoms with van der Waals surface area (Å²) in [6.07, 6.45) is 2.38. The number of piperidine rings is 1. The highest BCUT2D eigenvalue weighted by Gasteiger charge is 2.27. The summed E-state index contributed by atoms with van der Waals surface area (Å²) >= 11 is 0. The second kappa shape index (κ2) is 7.97. The van der Waals surface area contributed by atoms with Gasteiger partial charge in [0.2, 0.25) is 5.91 Å². The van der Waals surface area contributed by atoms with Crippen molar-refractivity contribution in [1.29, 1.82) is 0 Å². The fraction of sp³-hybridized carbons (Fsp3) is 0.333. The molecule has 1 heterocycles. The number of amides is 2. The van der Waals surface area contributed by atoms with Crippen LogP contribution in [0.4, 0.5) is 5.69 Å². The predicted molar refractivity (Wildman–Crippen MR) is 99.5 cm³/mol. The SMILES string of the molecule is CCc1ccc(C(=O)N2CCC(C(=O)Nc3ccccc3)CC2)cc1. The third-order valence-corrected chi connectivity index (χ3v) is 4.80. The van der Waals surface area contributed by atoms with Crippen LogP contribution < -0.4 is 5.32 Å². The van der Waals surface area contributed by atoms with Crippen molar-refractivity contribution in [2.75, 3.05) is 18.4 Å². The number of nitrogens with zero attached hydrogens (tertiary/aromatic N) is 1. The molecule has 1 fully saturated rings. The van der Waals surface area contributed by atoms with Crippen LogP contribution in [0.15, 0.2) is 54.6 Å². The summed E-state index contributed by atoms with van der Waals surface area (Å²) in [5.41, 5.74) is 2.78. The average Bonchev–Trinajstić information content (AvgIpc) is 2.68. The summed E-state index contributed by atoms with van der Waals surface area (Å²) in [4.78, 5) is 26.8. The monoisotopic (exact) mass is 336 g/mol. The lowest BCUT2D eigenvalue weighted by Gasteiger charge is -2.31. The lowest BCUT2D eigenvalue weighted by Crippen LogP contribution is -2.41. The van der Waals surface area contributed by atoms with Crippen LogP contribution in [0.5, 0.6) is 0 Å². The number of carbonyl (C=O) groups is 2. The van der Waals surface area contributed by atoms with Crippen LogP contribution in [0.25, 0.3) is 0 Å². The van der Waals surface area contributed by atoms with Crippen LogP contribution in [-0.2, 0) is 11.2 Å². The van der Waals surface area contributed by atoms with E-state index in [0.717, 1.165) is 17.7 Å². The number of rotatable bonds is 4. The first-order valence-corrected chi connectivity index (χ1v) is 8.91. The lowest BCUT2D eigenvalue weighted by molar-refractivity contribution is -0.121. The quantitative estimate of drug-likeness (QED) is 0.924. The molecule has 0 aromatic heterocycles. The van der Waals surface area contributed by atoms with Crippen molar-refractivity contribution in [2.45, 2.75) is 26.2 Å². The van der Waals surface area contributed by atoms with Gasteiger partial charge in [-0.1, -0.05) is 37.3 Å². The van der Waals surface area contributed by atoms with Crippen LogP contribution >= 0.6 is 0 Å². The molecule has 2 amide bonds. The van der Waals surface area contributed by atoms with Gasteiger partial charge in [-0.25, -0.2) is 0 Å². The maximum Gasteiger partial charge on any atom is 0.253 e. The summed E-state index contributed by atoms with van der Waals surface area (Å²) in [5, 5.41) is 2.96. The van der Waals surface area contributed by atoms with Crippen molar-refractivity contribution >= 4 is 17.5 Å². The maximum absolute atomic E-state index is 12.6. The minimum Gasteiger partial charge on any atom is -0.339 e. The van der Waals surface area contributed by atoms with Crippen LogP contribution in [0.3, 0.4) is 0 Å². The third kappa shape index (κ3) is 4.27. The van der Waals surface area contributed by atoms with E-state index >= 15 is 0 Å². The van der Waals surface area contributed by atoms with E-state index in [9.17, 15) is 9.59 Å². The number of anilines is 1. The van der Waals surface area contributed by atoms with Gasteiger partial charge < -0.3 is 10.2 Å². The van der Waals surface area contributed by atoms with Gasteiger partial charge in [0.05, 0.1) is 0 Å². The van der Waals surface area contributed by atoms with E-state index < -0.39 is 0 Å². The molecule has 25 heavy (non-hydrogen) atoms. The van der Waals surface area contributed by atoms with E-state index in [0.29, 0.717) is 25.9 Å². The number of hydrogen-bond donors (Lipinski definition) is 1. The number of benzene rings is 2. The van der Waals surface area contributed by atoms with Gasteiger partial charge in [-0.15, -0.1) is 0 Å². The van der Waals surface area contributed by atoms with E-state index in [4.69, 9.17) is 0 Å². The van der Waals surface area contributed by atoms with Crippen molar-refractivity contribution < 1.29 is 9.59 Å². The second-order valence-electron chi connectivity index (χ2n) is 6.47. The summed E-state index contributed by atoms with van der Waals surface area (Å²) in [7, 11) is 0. The molecule has 1 saturated heterocycles. The van der Waals surface area contributed by atoms with Gasteiger partial charge in [0, 0.05) is 30.3 Å².